The molecule has 10 nitrogen and oxygen atoms in total. The fourth-order valence-corrected chi connectivity index (χ4v) is 3.05. The summed E-state index contributed by atoms with van der Waals surface area (Å²) in [6.07, 6.45) is 0.0939. The number of carbonyl (C=O) groups excluding carboxylic acids is 5. The van der Waals surface area contributed by atoms with Gasteiger partial charge in [0.2, 0.25) is 17.7 Å². The Balaban J connectivity index is 0.00000280. The van der Waals surface area contributed by atoms with Gasteiger partial charge >= 0.3 is 0 Å². The summed E-state index contributed by atoms with van der Waals surface area (Å²) < 4.78 is 5.04. The summed E-state index contributed by atoms with van der Waals surface area (Å²) in [7, 11) is 0. The van der Waals surface area contributed by atoms with Gasteiger partial charge in [0.15, 0.2) is 0 Å². The molecule has 1 aromatic rings. The van der Waals surface area contributed by atoms with E-state index in [1.807, 2.05) is 0 Å². The van der Waals surface area contributed by atoms with Crippen molar-refractivity contribution < 1.29 is 28.7 Å². The summed E-state index contributed by atoms with van der Waals surface area (Å²) in [6, 6.07) is 3.39. The molecule has 150 valence electrons. The van der Waals surface area contributed by atoms with Crippen LogP contribution in [0.15, 0.2) is 18.2 Å². The van der Waals surface area contributed by atoms with E-state index >= 15 is 0 Å². The number of halogens is 1. The monoisotopic (exact) mass is 410 g/mol. The topological polar surface area (TPSA) is 148 Å². The average molecular weight is 411 g/mol. The second kappa shape index (κ2) is 8.91. The Morgan fingerprint density at radius 2 is 2.00 bits per heavy atom. The lowest BCUT2D eigenvalue weighted by Gasteiger charge is -2.27. The summed E-state index contributed by atoms with van der Waals surface area (Å²) >= 11 is 0. The molecule has 4 N–H and O–H groups in total. The Morgan fingerprint density at radius 3 is 2.68 bits per heavy atom. The van der Waals surface area contributed by atoms with Gasteiger partial charge in [0.1, 0.15) is 12.6 Å². The number of hydrogen-bond donors (Lipinski definition) is 3. The van der Waals surface area contributed by atoms with Gasteiger partial charge in [-0.3, -0.25) is 34.2 Å². The molecule has 2 aliphatic rings. The fraction of sp³-hybridized carbons (Fsp3) is 0.353. The smallest absolute Gasteiger partial charge is 0.264 e. The summed E-state index contributed by atoms with van der Waals surface area (Å²) in [4.78, 5) is 61.7. The van der Waals surface area contributed by atoms with E-state index in [1.165, 1.54) is 18.2 Å². The summed E-state index contributed by atoms with van der Waals surface area (Å²) in [6.45, 7) is 0.225. The molecule has 0 aromatic heterocycles. The van der Waals surface area contributed by atoms with Crippen molar-refractivity contribution >= 4 is 47.6 Å². The Kier molecular flexibility index (Phi) is 6.84. The highest BCUT2D eigenvalue weighted by Crippen LogP contribution is 2.32. The quantitative estimate of drug-likeness (QED) is 0.419. The molecule has 1 unspecified atom stereocenters. The van der Waals surface area contributed by atoms with Gasteiger partial charge in [0.05, 0.1) is 23.4 Å². The molecule has 0 saturated carbocycles. The number of benzene rings is 1. The number of nitrogens with two attached hydrogens (primary N) is 1. The van der Waals surface area contributed by atoms with Gasteiger partial charge in [-0.05, 0) is 18.6 Å². The molecular formula is C17H19ClN4O6. The third-order valence-corrected chi connectivity index (χ3v) is 4.24. The minimum Gasteiger partial charge on any atom is -0.370 e. The van der Waals surface area contributed by atoms with Crippen molar-refractivity contribution in [1.29, 1.82) is 0 Å². The maximum Gasteiger partial charge on any atom is 0.264 e. The largest absolute Gasteiger partial charge is 0.370 e. The predicted molar refractivity (Wildman–Crippen MR) is 98.9 cm³/mol. The number of anilines is 1. The van der Waals surface area contributed by atoms with Crippen LogP contribution >= 0.6 is 12.4 Å². The molecule has 0 aliphatic carbocycles. The number of carbonyl (C=O) groups is 5. The SMILES string of the molecule is Cl.NCCOCC(=O)Nc1cccc2c1C(=O)N(C1CCC(=O)NC1=O)C2=O. The van der Waals surface area contributed by atoms with Gasteiger partial charge in [-0.25, -0.2) is 0 Å². The molecule has 2 heterocycles. The van der Waals surface area contributed by atoms with Crippen LogP contribution in [0.1, 0.15) is 33.6 Å². The number of fused-ring (bicyclic) bond motifs is 1. The molecule has 1 aromatic carbocycles. The van der Waals surface area contributed by atoms with Gasteiger partial charge in [-0.1, -0.05) is 6.07 Å². The second-order valence-corrected chi connectivity index (χ2v) is 6.06. The van der Waals surface area contributed by atoms with Crippen molar-refractivity contribution in [3.8, 4) is 0 Å². The Morgan fingerprint density at radius 1 is 1.25 bits per heavy atom. The number of ether oxygens (including phenoxy) is 1. The highest BCUT2D eigenvalue weighted by Gasteiger charge is 2.45. The zero-order valence-corrected chi connectivity index (χ0v) is 15.5. The van der Waals surface area contributed by atoms with Gasteiger partial charge in [-0.2, -0.15) is 0 Å². The Hall–Kier alpha value is -2.82. The maximum atomic E-state index is 12.8. The number of imide groups is 2. The third kappa shape index (κ3) is 4.03. The molecule has 1 fully saturated rings. The van der Waals surface area contributed by atoms with E-state index in [9.17, 15) is 24.0 Å². The van der Waals surface area contributed by atoms with Crippen LogP contribution in [0.5, 0.6) is 0 Å². The first-order valence-electron chi connectivity index (χ1n) is 8.36. The number of hydrogen-bond acceptors (Lipinski definition) is 7. The molecule has 1 saturated heterocycles. The van der Waals surface area contributed by atoms with Gasteiger partial charge in [0, 0.05) is 13.0 Å². The van der Waals surface area contributed by atoms with Crippen LogP contribution in [0.3, 0.4) is 0 Å². The summed E-state index contributed by atoms with van der Waals surface area (Å²) in [5.41, 5.74) is 5.54. The van der Waals surface area contributed by atoms with Crippen molar-refractivity contribution in [2.45, 2.75) is 18.9 Å². The number of amides is 5. The second-order valence-electron chi connectivity index (χ2n) is 6.06. The summed E-state index contributed by atoms with van der Waals surface area (Å²) in [5, 5.41) is 4.66. The van der Waals surface area contributed by atoms with Crippen molar-refractivity contribution in [2.75, 3.05) is 25.1 Å². The molecule has 11 heteroatoms. The lowest BCUT2D eigenvalue weighted by molar-refractivity contribution is -0.136. The third-order valence-electron chi connectivity index (χ3n) is 4.24. The Bertz CT molecular complexity index is 843. The molecule has 0 bridgehead atoms. The molecule has 5 amide bonds. The molecular weight excluding hydrogens is 392 g/mol. The van der Waals surface area contributed by atoms with E-state index < -0.39 is 35.6 Å². The minimum absolute atomic E-state index is 0. The van der Waals surface area contributed by atoms with Crippen LogP contribution in [-0.4, -0.2) is 60.2 Å². The van der Waals surface area contributed by atoms with Crippen LogP contribution in [0.25, 0.3) is 0 Å². The van der Waals surface area contributed by atoms with Crippen LogP contribution in [0.2, 0.25) is 0 Å². The first-order valence-corrected chi connectivity index (χ1v) is 8.36. The van der Waals surface area contributed by atoms with E-state index in [-0.39, 0.29) is 61.8 Å². The van der Waals surface area contributed by atoms with E-state index in [4.69, 9.17) is 10.5 Å². The average Bonchev–Trinajstić information content (AvgIpc) is 2.88. The zero-order valence-electron chi connectivity index (χ0n) is 14.7. The molecule has 1 atom stereocenters. The maximum absolute atomic E-state index is 12.8. The van der Waals surface area contributed by atoms with E-state index in [0.717, 1.165) is 4.90 Å². The van der Waals surface area contributed by atoms with Gasteiger partial charge in [-0.15, -0.1) is 12.4 Å². The van der Waals surface area contributed by atoms with Crippen LogP contribution in [-0.2, 0) is 19.1 Å². The van der Waals surface area contributed by atoms with E-state index in [0.29, 0.717) is 0 Å². The standard InChI is InChI=1S/C17H18N4O6.ClH/c18-6-7-27-8-13(23)19-10-3-1-2-9-14(10)17(26)21(16(9)25)11-4-5-12(22)20-15(11)24;/h1-3,11H,4-8,18H2,(H,19,23)(H,20,22,24);1H. The first kappa shape index (κ1) is 21.5. The normalized spacial score (nSPS) is 18.5. The van der Waals surface area contributed by atoms with Gasteiger partial charge in [0.25, 0.3) is 11.8 Å². The van der Waals surface area contributed by atoms with Crippen LogP contribution in [0.4, 0.5) is 5.69 Å². The van der Waals surface area contributed by atoms with Crippen molar-refractivity contribution in [1.82, 2.24) is 10.2 Å². The number of rotatable bonds is 6. The van der Waals surface area contributed by atoms with E-state index in [1.54, 1.807) is 0 Å². The Labute approximate surface area is 166 Å². The molecule has 0 radical (unpaired) electrons. The molecule has 28 heavy (non-hydrogen) atoms. The lowest BCUT2D eigenvalue weighted by atomic mass is 10.0. The van der Waals surface area contributed by atoms with Crippen molar-refractivity contribution in [3.05, 3.63) is 29.3 Å². The zero-order chi connectivity index (χ0) is 19.6. The first-order chi connectivity index (χ1) is 12.9. The minimum atomic E-state index is -1.06. The lowest BCUT2D eigenvalue weighted by Crippen LogP contribution is -2.54. The van der Waals surface area contributed by atoms with Crippen molar-refractivity contribution in [3.63, 3.8) is 0 Å². The molecule has 0 spiro atoms. The van der Waals surface area contributed by atoms with Gasteiger partial charge < -0.3 is 15.8 Å². The number of piperidine rings is 1. The van der Waals surface area contributed by atoms with E-state index in [2.05, 4.69) is 10.6 Å². The van der Waals surface area contributed by atoms with Crippen LogP contribution in [0, 0.1) is 0 Å². The highest BCUT2D eigenvalue weighted by atomic mass is 35.5. The number of nitrogens with one attached hydrogen (secondary N) is 2. The van der Waals surface area contributed by atoms with Crippen LogP contribution < -0.4 is 16.4 Å². The predicted octanol–water partition coefficient (Wildman–Crippen LogP) is -0.577. The highest BCUT2D eigenvalue weighted by molar-refractivity contribution is 6.26. The summed E-state index contributed by atoms with van der Waals surface area (Å²) in [5.74, 6) is -2.97. The fourth-order valence-electron chi connectivity index (χ4n) is 3.05. The number of nitrogens with zero attached hydrogens (tertiary/aromatic N) is 1. The van der Waals surface area contributed by atoms with Crippen molar-refractivity contribution in [2.24, 2.45) is 5.73 Å². The molecule has 3 rings (SSSR count). The molecule has 2 aliphatic heterocycles.